The second-order valence-corrected chi connectivity index (χ2v) is 6.62. The number of aromatic nitrogens is 3. The highest BCUT2D eigenvalue weighted by atomic mass is 32.1. The molecule has 9 heteroatoms. The van der Waals surface area contributed by atoms with Gasteiger partial charge in [-0.3, -0.25) is 10.1 Å². The van der Waals surface area contributed by atoms with Gasteiger partial charge >= 0.3 is 5.97 Å². The Morgan fingerprint density at radius 2 is 1.96 bits per heavy atom. The highest BCUT2D eigenvalue weighted by molar-refractivity contribution is 7.17. The molecule has 0 bridgehead atoms. The number of nitrogens with one attached hydrogen (secondary N) is 1. The van der Waals surface area contributed by atoms with E-state index >= 15 is 0 Å². The largest absolute Gasteiger partial charge is 0.473 e. The van der Waals surface area contributed by atoms with E-state index in [-0.39, 0.29) is 23.3 Å². The molecule has 0 aliphatic rings. The lowest BCUT2D eigenvalue weighted by Gasteiger charge is -2.06. The molecule has 3 aromatic rings. The van der Waals surface area contributed by atoms with E-state index < -0.39 is 11.9 Å². The van der Waals surface area contributed by atoms with E-state index in [9.17, 15) is 9.59 Å². The van der Waals surface area contributed by atoms with Gasteiger partial charge in [0.25, 0.3) is 5.91 Å². The highest BCUT2D eigenvalue weighted by Crippen LogP contribution is 2.24. The van der Waals surface area contributed by atoms with Crippen LogP contribution in [-0.4, -0.2) is 33.4 Å². The van der Waals surface area contributed by atoms with Crippen LogP contribution in [-0.2, 0) is 11.3 Å². The zero-order chi connectivity index (χ0) is 19.9. The zero-order valence-electron chi connectivity index (χ0n) is 15.3. The van der Waals surface area contributed by atoms with Crippen molar-refractivity contribution in [2.24, 2.45) is 0 Å². The van der Waals surface area contributed by atoms with Crippen molar-refractivity contribution in [1.82, 2.24) is 15.0 Å². The Hall–Kier alpha value is -3.33. The lowest BCUT2D eigenvalue weighted by molar-refractivity contribution is 0.0531. The minimum Gasteiger partial charge on any atom is -0.473 e. The monoisotopic (exact) mass is 398 g/mol. The maximum Gasteiger partial charge on any atom is 0.350 e. The Morgan fingerprint density at radius 1 is 1.18 bits per heavy atom. The van der Waals surface area contributed by atoms with E-state index in [1.54, 1.807) is 13.8 Å². The quantitative estimate of drug-likeness (QED) is 0.609. The summed E-state index contributed by atoms with van der Waals surface area (Å²) in [5, 5.41) is 2.92. The first kappa shape index (κ1) is 19.4. The maximum absolute atomic E-state index is 12.5. The molecule has 0 radical (unpaired) electrons. The number of aryl methyl sites for hydroxylation is 1. The van der Waals surface area contributed by atoms with Gasteiger partial charge < -0.3 is 9.47 Å². The molecular weight excluding hydrogens is 380 g/mol. The summed E-state index contributed by atoms with van der Waals surface area (Å²) < 4.78 is 10.6. The molecule has 2 heterocycles. The van der Waals surface area contributed by atoms with E-state index in [1.165, 1.54) is 12.4 Å². The maximum atomic E-state index is 12.5. The Kier molecular flexibility index (Phi) is 6.28. The smallest absolute Gasteiger partial charge is 0.350 e. The number of esters is 1. The van der Waals surface area contributed by atoms with Gasteiger partial charge in [-0.2, -0.15) is 0 Å². The number of carbonyl (C=O) groups excluding carboxylic acids is 2. The van der Waals surface area contributed by atoms with Crippen LogP contribution in [0.15, 0.2) is 42.7 Å². The van der Waals surface area contributed by atoms with Crippen molar-refractivity contribution in [3.63, 3.8) is 0 Å². The second-order valence-electron chi connectivity index (χ2n) is 5.62. The minimum absolute atomic E-state index is 0.128. The van der Waals surface area contributed by atoms with Crippen molar-refractivity contribution in [1.29, 1.82) is 0 Å². The topological polar surface area (TPSA) is 103 Å². The van der Waals surface area contributed by atoms with Crippen molar-refractivity contribution in [3.05, 3.63) is 64.6 Å². The number of benzene rings is 1. The molecule has 0 aliphatic heterocycles. The normalized spacial score (nSPS) is 10.4. The fourth-order valence-electron chi connectivity index (χ4n) is 2.27. The minimum atomic E-state index is -0.476. The second kappa shape index (κ2) is 9.05. The molecule has 1 amide bonds. The van der Waals surface area contributed by atoms with Gasteiger partial charge in [0.2, 0.25) is 5.88 Å². The van der Waals surface area contributed by atoms with Crippen LogP contribution in [0.25, 0.3) is 0 Å². The SMILES string of the molecule is CCOC(=O)c1sc(NC(=O)c2cc(OCc3ccccc3)ncn2)nc1C. The fraction of sp³-hybridized carbons (Fsp3) is 0.211. The van der Waals surface area contributed by atoms with Gasteiger partial charge in [0.15, 0.2) is 5.13 Å². The summed E-state index contributed by atoms with van der Waals surface area (Å²) >= 11 is 1.05. The van der Waals surface area contributed by atoms with Gasteiger partial charge in [-0.25, -0.2) is 19.7 Å². The van der Waals surface area contributed by atoms with Crippen LogP contribution in [0.2, 0.25) is 0 Å². The molecule has 0 atom stereocenters. The van der Waals surface area contributed by atoms with E-state index in [0.29, 0.717) is 17.2 Å². The molecule has 0 spiro atoms. The Bertz CT molecular complexity index is 975. The van der Waals surface area contributed by atoms with Crippen LogP contribution < -0.4 is 10.1 Å². The standard InChI is InChI=1S/C19H18N4O4S/c1-3-26-18(25)16-12(2)22-19(28-16)23-17(24)14-9-15(21-11-20-14)27-10-13-7-5-4-6-8-13/h4-9,11H,3,10H2,1-2H3,(H,22,23,24). The van der Waals surface area contributed by atoms with E-state index in [2.05, 4.69) is 20.3 Å². The molecule has 0 saturated carbocycles. The van der Waals surface area contributed by atoms with Crippen LogP contribution in [0.3, 0.4) is 0 Å². The van der Waals surface area contributed by atoms with Crippen molar-refractivity contribution in [2.75, 3.05) is 11.9 Å². The summed E-state index contributed by atoms with van der Waals surface area (Å²) in [5.74, 6) is -0.653. The molecule has 2 aromatic heterocycles. The lowest BCUT2D eigenvalue weighted by atomic mass is 10.2. The van der Waals surface area contributed by atoms with Crippen molar-refractivity contribution < 1.29 is 19.1 Å². The third-order valence-electron chi connectivity index (χ3n) is 3.58. The Balaban J connectivity index is 1.66. The van der Waals surface area contributed by atoms with Crippen molar-refractivity contribution in [2.45, 2.75) is 20.5 Å². The molecular formula is C19H18N4O4S. The summed E-state index contributed by atoms with van der Waals surface area (Å²) in [7, 11) is 0. The van der Waals surface area contributed by atoms with Gasteiger partial charge in [0.1, 0.15) is 23.5 Å². The first-order chi connectivity index (χ1) is 13.6. The van der Waals surface area contributed by atoms with Gasteiger partial charge in [0, 0.05) is 6.07 Å². The van der Waals surface area contributed by atoms with Crippen LogP contribution in [0, 0.1) is 6.92 Å². The number of hydrogen-bond acceptors (Lipinski definition) is 8. The van der Waals surface area contributed by atoms with Gasteiger partial charge in [-0.05, 0) is 19.4 Å². The fourth-order valence-corrected chi connectivity index (χ4v) is 3.13. The molecule has 3 rings (SSSR count). The van der Waals surface area contributed by atoms with Crippen molar-refractivity contribution in [3.8, 4) is 5.88 Å². The van der Waals surface area contributed by atoms with Gasteiger partial charge in [0.05, 0.1) is 12.3 Å². The summed E-state index contributed by atoms with van der Waals surface area (Å²) in [6, 6.07) is 11.1. The first-order valence-corrected chi connectivity index (χ1v) is 9.33. The highest BCUT2D eigenvalue weighted by Gasteiger charge is 2.18. The predicted octanol–water partition coefficient (Wildman–Crippen LogP) is 3.25. The Morgan fingerprint density at radius 3 is 2.71 bits per heavy atom. The molecule has 1 N–H and O–H groups in total. The molecule has 8 nitrogen and oxygen atoms in total. The number of carbonyl (C=O) groups is 2. The molecule has 28 heavy (non-hydrogen) atoms. The molecule has 0 saturated heterocycles. The van der Waals surface area contributed by atoms with E-state index in [4.69, 9.17) is 9.47 Å². The molecule has 0 aliphatic carbocycles. The van der Waals surface area contributed by atoms with Crippen LogP contribution in [0.5, 0.6) is 5.88 Å². The summed E-state index contributed by atoms with van der Waals surface area (Å²) in [6.45, 7) is 4.00. The zero-order valence-corrected chi connectivity index (χ0v) is 16.2. The number of rotatable bonds is 7. The van der Waals surface area contributed by atoms with Gasteiger partial charge in [-0.1, -0.05) is 41.7 Å². The number of thiazole rings is 1. The molecule has 0 fully saturated rings. The number of ether oxygens (including phenoxy) is 2. The third kappa shape index (κ3) is 4.89. The number of nitrogens with zero attached hydrogens (tertiary/aromatic N) is 3. The van der Waals surface area contributed by atoms with E-state index in [0.717, 1.165) is 16.9 Å². The predicted molar refractivity (Wildman–Crippen MR) is 104 cm³/mol. The van der Waals surface area contributed by atoms with Gasteiger partial charge in [-0.15, -0.1) is 0 Å². The average molecular weight is 398 g/mol. The molecule has 1 aromatic carbocycles. The summed E-state index contributed by atoms with van der Waals surface area (Å²) in [5.41, 5.74) is 1.61. The Labute approximate surface area is 165 Å². The van der Waals surface area contributed by atoms with Crippen LogP contribution >= 0.6 is 11.3 Å². The average Bonchev–Trinajstić information content (AvgIpc) is 3.08. The van der Waals surface area contributed by atoms with E-state index in [1.807, 2.05) is 30.3 Å². The number of anilines is 1. The summed E-state index contributed by atoms with van der Waals surface area (Å²) in [4.78, 5) is 36.8. The lowest BCUT2D eigenvalue weighted by Crippen LogP contribution is -2.14. The summed E-state index contributed by atoms with van der Waals surface area (Å²) in [6.07, 6.45) is 1.26. The van der Waals surface area contributed by atoms with Crippen LogP contribution in [0.1, 0.15) is 38.3 Å². The third-order valence-corrected chi connectivity index (χ3v) is 4.63. The molecule has 0 unspecified atom stereocenters. The number of hydrogen-bond donors (Lipinski definition) is 1. The van der Waals surface area contributed by atoms with Crippen LogP contribution in [0.4, 0.5) is 5.13 Å². The molecule has 144 valence electrons. The number of amides is 1. The first-order valence-electron chi connectivity index (χ1n) is 8.51. The van der Waals surface area contributed by atoms with Crippen molar-refractivity contribution >= 4 is 28.3 Å².